The Morgan fingerprint density at radius 1 is 1.38 bits per heavy atom. The van der Waals surface area contributed by atoms with Crippen LogP contribution in [0.4, 0.5) is 4.79 Å². The minimum atomic E-state index is -3.40. The number of hydrogen-bond acceptors (Lipinski definition) is 4. The zero-order valence-electron chi connectivity index (χ0n) is 12.3. The molecule has 0 spiro atoms. The van der Waals surface area contributed by atoms with E-state index in [9.17, 15) is 23.1 Å². The first-order valence-corrected chi connectivity index (χ1v) is 8.66. The largest absolute Gasteiger partial charge is 0.480 e. The van der Waals surface area contributed by atoms with Crippen LogP contribution in [-0.4, -0.2) is 61.9 Å². The van der Waals surface area contributed by atoms with Crippen LogP contribution in [0.1, 0.15) is 26.7 Å². The molecule has 1 fully saturated rings. The lowest BCUT2D eigenvalue weighted by Crippen LogP contribution is -2.53. The molecule has 21 heavy (non-hydrogen) atoms. The lowest BCUT2D eigenvalue weighted by Gasteiger charge is -2.35. The summed E-state index contributed by atoms with van der Waals surface area (Å²) in [6.45, 7) is 4.23. The first kappa shape index (κ1) is 17.7. The number of carbonyl (C=O) groups excluding carboxylic acids is 1. The van der Waals surface area contributed by atoms with Crippen molar-refractivity contribution in [1.82, 2.24) is 14.9 Å². The fourth-order valence-electron chi connectivity index (χ4n) is 2.30. The Hall–Kier alpha value is -1.35. The van der Waals surface area contributed by atoms with Gasteiger partial charge in [-0.1, -0.05) is 13.8 Å². The maximum atomic E-state index is 12.0. The van der Waals surface area contributed by atoms with Crippen molar-refractivity contribution in [2.45, 2.75) is 32.7 Å². The summed E-state index contributed by atoms with van der Waals surface area (Å²) in [6, 6.07) is -1.37. The van der Waals surface area contributed by atoms with Crippen molar-refractivity contribution in [3.8, 4) is 0 Å². The molecular weight excluding hydrogens is 298 g/mol. The van der Waals surface area contributed by atoms with Crippen LogP contribution in [0.3, 0.4) is 0 Å². The molecule has 1 rings (SSSR count). The first-order chi connectivity index (χ1) is 9.76. The van der Waals surface area contributed by atoms with Crippen LogP contribution in [0.25, 0.3) is 0 Å². The second-order valence-electron chi connectivity index (χ2n) is 5.23. The van der Waals surface area contributed by atoms with Gasteiger partial charge >= 0.3 is 12.0 Å². The number of sulfonamides is 1. The average Bonchev–Trinajstić information content (AvgIpc) is 2.37. The molecular formula is C12H23N3O5S. The lowest BCUT2D eigenvalue weighted by molar-refractivity contribution is -0.143. The highest BCUT2D eigenvalue weighted by Gasteiger charge is 2.34. The summed E-state index contributed by atoms with van der Waals surface area (Å²) in [5, 5.41) is 11.6. The van der Waals surface area contributed by atoms with Gasteiger partial charge in [-0.05, 0) is 18.8 Å². The van der Waals surface area contributed by atoms with Crippen LogP contribution in [0.15, 0.2) is 0 Å². The Kier molecular flexibility index (Phi) is 6.41. The number of carbonyl (C=O) groups is 2. The molecule has 1 saturated heterocycles. The maximum Gasteiger partial charge on any atom is 0.326 e. The molecule has 9 heteroatoms. The number of urea groups is 1. The Morgan fingerprint density at radius 3 is 2.62 bits per heavy atom. The van der Waals surface area contributed by atoms with Crippen molar-refractivity contribution in [2.75, 3.05) is 25.4 Å². The average molecular weight is 321 g/mol. The summed E-state index contributed by atoms with van der Waals surface area (Å²) in [4.78, 5) is 24.5. The third-order valence-corrected chi connectivity index (χ3v) is 4.89. The van der Waals surface area contributed by atoms with Crippen molar-refractivity contribution in [1.29, 1.82) is 0 Å². The Balaban J connectivity index is 2.52. The number of hydrogen-bond donors (Lipinski definition) is 3. The number of nitrogens with zero attached hydrogens (tertiary/aromatic N) is 1. The molecule has 0 saturated carbocycles. The molecule has 0 aromatic rings. The fourth-order valence-corrected chi connectivity index (χ4v) is 3.26. The molecule has 3 N–H and O–H groups in total. The number of likely N-dealkylation sites (tertiary alicyclic amines) is 1. The van der Waals surface area contributed by atoms with Crippen molar-refractivity contribution >= 4 is 22.0 Å². The number of piperidine rings is 1. The maximum absolute atomic E-state index is 12.0. The molecule has 0 aromatic heterocycles. The standard InChI is InChI=1S/C12H23N3O5S/c1-3-14-21(19,20)7-5-13-12(18)15-6-4-9(2)8-10(15)11(16)17/h9-10,14H,3-8H2,1-2H3,(H,13,18)(H,16,17). The van der Waals surface area contributed by atoms with E-state index in [1.807, 2.05) is 6.92 Å². The Morgan fingerprint density at radius 2 is 2.05 bits per heavy atom. The highest BCUT2D eigenvalue weighted by Crippen LogP contribution is 2.22. The van der Waals surface area contributed by atoms with Crippen molar-refractivity contribution in [2.24, 2.45) is 5.92 Å². The van der Waals surface area contributed by atoms with Gasteiger partial charge in [0, 0.05) is 19.6 Å². The fraction of sp³-hybridized carbons (Fsp3) is 0.833. The third kappa shape index (κ3) is 5.50. The van der Waals surface area contributed by atoms with Gasteiger partial charge in [0.05, 0.1) is 5.75 Å². The van der Waals surface area contributed by atoms with Crippen molar-refractivity contribution in [3.05, 3.63) is 0 Å². The van der Waals surface area contributed by atoms with Crippen molar-refractivity contribution < 1.29 is 23.1 Å². The van der Waals surface area contributed by atoms with E-state index in [1.54, 1.807) is 6.92 Å². The molecule has 2 amide bonds. The third-order valence-electron chi connectivity index (χ3n) is 3.42. The number of aliphatic carboxylic acids is 1. The smallest absolute Gasteiger partial charge is 0.326 e. The summed E-state index contributed by atoms with van der Waals surface area (Å²) in [6.07, 6.45) is 1.16. The summed E-state index contributed by atoms with van der Waals surface area (Å²) in [7, 11) is -3.40. The molecule has 1 aliphatic heterocycles. The zero-order valence-corrected chi connectivity index (χ0v) is 13.1. The number of rotatable bonds is 6. The monoisotopic (exact) mass is 321 g/mol. The minimum absolute atomic E-state index is 0.0490. The lowest BCUT2D eigenvalue weighted by atomic mass is 9.93. The van der Waals surface area contributed by atoms with Gasteiger partial charge in [-0.15, -0.1) is 0 Å². The molecule has 0 radical (unpaired) electrons. The second-order valence-corrected chi connectivity index (χ2v) is 7.15. The molecule has 0 aromatic carbocycles. The van der Waals surface area contributed by atoms with Gasteiger partial charge in [0.1, 0.15) is 6.04 Å². The number of nitrogens with one attached hydrogen (secondary N) is 2. The van der Waals surface area contributed by atoms with Crippen LogP contribution < -0.4 is 10.0 Å². The number of amides is 2. The van der Waals surface area contributed by atoms with Gasteiger partial charge in [-0.25, -0.2) is 22.7 Å². The minimum Gasteiger partial charge on any atom is -0.480 e. The molecule has 1 heterocycles. The van der Waals surface area contributed by atoms with Crippen LogP contribution in [0, 0.1) is 5.92 Å². The molecule has 122 valence electrons. The topological polar surface area (TPSA) is 116 Å². The number of carboxylic acids is 1. The van der Waals surface area contributed by atoms with E-state index >= 15 is 0 Å². The second kappa shape index (κ2) is 7.60. The summed E-state index contributed by atoms with van der Waals surface area (Å²) in [5.74, 6) is -1.00. The molecule has 2 unspecified atom stereocenters. The quantitative estimate of drug-likeness (QED) is 0.627. The first-order valence-electron chi connectivity index (χ1n) is 7.01. The normalized spacial score (nSPS) is 22.9. The Labute approximate surface area is 124 Å². The van der Waals surface area contributed by atoms with Gasteiger partial charge < -0.3 is 15.3 Å². The van der Waals surface area contributed by atoms with Gasteiger partial charge in [0.15, 0.2) is 0 Å². The van der Waals surface area contributed by atoms with Crippen LogP contribution in [0.2, 0.25) is 0 Å². The summed E-state index contributed by atoms with van der Waals surface area (Å²) in [5.41, 5.74) is 0. The Bertz CT molecular complexity index is 479. The molecule has 1 aliphatic rings. The van der Waals surface area contributed by atoms with E-state index < -0.39 is 28.1 Å². The predicted molar refractivity (Wildman–Crippen MR) is 77.4 cm³/mol. The highest BCUT2D eigenvalue weighted by atomic mass is 32.2. The summed E-state index contributed by atoms with van der Waals surface area (Å²) >= 11 is 0. The van der Waals surface area contributed by atoms with Crippen LogP contribution in [0.5, 0.6) is 0 Å². The molecule has 2 atom stereocenters. The van der Waals surface area contributed by atoms with Gasteiger partial charge in [-0.3, -0.25) is 0 Å². The SMILES string of the molecule is CCNS(=O)(=O)CCNC(=O)N1CCC(C)CC1C(=O)O. The van der Waals surface area contributed by atoms with E-state index in [4.69, 9.17) is 0 Å². The van der Waals surface area contributed by atoms with E-state index in [1.165, 1.54) is 4.90 Å². The van der Waals surface area contributed by atoms with Gasteiger partial charge in [0.25, 0.3) is 0 Å². The summed E-state index contributed by atoms with van der Waals surface area (Å²) < 4.78 is 25.2. The highest BCUT2D eigenvalue weighted by molar-refractivity contribution is 7.89. The van der Waals surface area contributed by atoms with E-state index in [2.05, 4.69) is 10.0 Å². The van der Waals surface area contributed by atoms with E-state index in [0.717, 1.165) is 6.42 Å². The van der Waals surface area contributed by atoms with Crippen LogP contribution in [-0.2, 0) is 14.8 Å². The zero-order chi connectivity index (χ0) is 16.0. The molecule has 0 aliphatic carbocycles. The van der Waals surface area contributed by atoms with E-state index in [-0.39, 0.29) is 18.2 Å². The molecule has 0 bridgehead atoms. The predicted octanol–water partition coefficient (Wildman–Crippen LogP) is -0.180. The molecule has 8 nitrogen and oxygen atoms in total. The van der Waals surface area contributed by atoms with Crippen molar-refractivity contribution in [3.63, 3.8) is 0 Å². The van der Waals surface area contributed by atoms with Crippen LogP contribution >= 0.6 is 0 Å². The van der Waals surface area contributed by atoms with Gasteiger partial charge in [0.2, 0.25) is 10.0 Å². The van der Waals surface area contributed by atoms with E-state index in [0.29, 0.717) is 19.5 Å². The number of carboxylic acid groups (broad SMARTS) is 1. The van der Waals surface area contributed by atoms with Gasteiger partial charge in [-0.2, -0.15) is 0 Å².